The van der Waals surface area contributed by atoms with Crippen molar-refractivity contribution >= 4 is 11.9 Å². The first-order chi connectivity index (χ1) is 16.0. The lowest BCUT2D eigenvalue weighted by Crippen LogP contribution is -2.41. The van der Waals surface area contributed by atoms with Gasteiger partial charge in [-0.25, -0.2) is 0 Å². The lowest BCUT2D eigenvalue weighted by Gasteiger charge is -2.27. The molecule has 0 heterocycles. The Bertz CT molecular complexity index is 663. The molecule has 4 heteroatoms. The molecule has 0 bridgehead atoms. The third kappa shape index (κ3) is 11.2. The van der Waals surface area contributed by atoms with Gasteiger partial charge in [-0.3, -0.25) is 9.59 Å². The van der Waals surface area contributed by atoms with E-state index in [1.165, 1.54) is 64.2 Å². The Hall–Kier alpha value is -1.84. The molecule has 0 radical (unpaired) electrons. The summed E-state index contributed by atoms with van der Waals surface area (Å²) in [5.41, 5.74) is 0.831. The summed E-state index contributed by atoms with van der Waals surface area (Å²) in [7, 11) is 0. The molecular weight excluding hydrogens is 412 g/mol. The van der Waals surface area contributed by atoms with Crippen LogP contribution in [0.1, 0.15) is 122 Å². The SMILES string of the molecule is CCCCCCCCCCCCCCOC(=O)C(CC)(CC)C(=O)OCc1cccc(C)c1. The summed E-state index contributed by atoms with van der Waals surface area (Å²) >= 11 is 0. The molecule has 0 saturated heterocycles. The summed E-state index contributed by atoms with van der Waals surface area (Å²) < 4.78 is 11.1. The molecule has 1 aromatic rings. The Labute approximate surface area is 202 Å². The highest BCUT2D eigenvalue weighted by atomic mass is 16.6. The molecule has 1 rings (SSSR count). The van der Waals surface area contributed by atoms with Crippen molar-refractivity contribution in [3.63, 3.8) is 0 Å². The van der Waals surface area contributed by atoms with Crippen LogP contribution in [0, 0.1) is 12.3 Å². The molecule has 0 atom stereocenters. The van der Waals surface area contributed by atoms with E-state index in [4.69, 9.17) is 9.47 Å². The Balaban J connectivity index is 2.25. The highest BCUT2D eigenvalue weighted by molar-refractivity contribution is 5.99. The number of unbranched alkanes of at least 4 members (excludes halogenated alkanes) is 11. The molecule has 0 amide bonds. The smallest absolute Gasteiger partial charge is 0.323 e. The van der Waals surface area contributed by atoms with Crippen molar-refractivity contribution in [2.24, 2.45) is 5.41 Å². The zero-order chi connectivity index (χ0) is 24.4. The maximum atomic E-state index is 12.8. The zero-order valence-electron chi connectivity index (χ0n) is 21.8. The number of hydrogen-bond acceptors (Lipinski definition) is 4. The highest BCUT2D eigenvalue weighted by Gasteiger charge is 2.45. The zero-order valence-corrected chi connectivity index (χ0v) is 21.8. The number of carbonyl (C=O) groups is 2. The number of carbonyl (C=O) groups excluding carboxylic acids is 2. The second-order valence-corrected chi connectivity index (χ2v) is 9.38. The van der Waals surface area contributed by atoms with Crippen molar-refractivity contribution in [1.29, 1.82) is 0 Å². The Morgan fingerprint density at radius 1 is 0.727 bits per heavy atom. The molecule has 0 N–H and O–H groups in total. The van der Waals surface area contributed by atoms with Gasteiger partial charge in [0.25, 0.3) is 0 Å². The highest BCUT2D eigenvalue weighted by Crippen LogP contribution is 2.30. The average Bonchev–Trinajstić information content (AvgIpc) is 2.82. The number of aryl methyl sites for hydroxylation is 1. The quantitative estimate of drug-likeness (QED) is 0.119. The van der Waals surface area contributed by atoms with Crippen molar-refractivity contribution < 1.29 is 19.1 Å². The number of rotatable bonds is 19. The van der Waals surface area contributed by atoms with Crippen LogP contribution in [0.4, 0.5) is 0 Å². The molecule has 188 valence electrons. The first-order valence-electron chi connectivity index (χ1n) is 13.4. The van der Waals surface area contributed by atoms with Gasteiger partial charge < -0.3 is 9.47 Å². The van der Waals surface area contributed by atoms with Crippen molar-refractivity contribution in [2.75, 3.05) is 6.61 Å². The van der Waals surface area contributed by atoms with Crippen LogP contribution >= 0.6 is 0 Å². The molecule has 0 aliphatic rings. The van der Waals surface area contributed by atoms with Gasteiger partial charge in [-0.05, 0) is 31.7 Å². The monoisotopic (exact) mass is 460 g/mol. The van der Waals surface area contributed by atoms with E-state index < -0.39 is 17.4 Å². The van der Waals surface area contributed by atoms with Crippen LogP contribution in [-0.2, 0) is 25.7 Å². The van der Waals surface area contributed by atoms with Crippen LogP contribution in [0.2, 0.25) is 0 Å². The fourth-order valence-electron chi connectivity index (χ4n) is 4.25. The van der Waals surface area contributed by atoms with Crippen molar-refractivity contribution in [3.05, 3.63) is 35.4 Å². The summed E-state index contributed by atoms with van der Waals surface area (Å²) in [6.07, 6.45) is 15.9. The van der Waals surface area contributed by atoms with Gasteiger partial charge in [-0.1, -0.05) is 121 Å². The van der Waals surface area contributed by atoms with Gasteiger partial charge in [0.15, 0.2) is 5.41 Å². The van der Waals surface area contributed by atoms with Crippen LogP contribution in [0.5, 0.6) is 0 Å². The van der Waals surface area contributed by atoms with Crippen molar-refractivity contribution in [3.8, 4) is 0 Å². The summed E-state index contributed by atoms with van der Waals surface area (Å²) in [6, 6.07) is 7.85. The molecule has 0 fully saturated rings. The molecule has 0 aliphatic heterocycles. The molecule has 0 unspecified atom stereocenters. The Morgan fingerprint density at radius 2 is 1.24 bits per heavy atom. The molecule has 0 spiro atoms. The van der Waals surface area contributed by atoms with Gasteiger partial charge >= 0.3 is 11.9 Å². The van der Waals surface area contributed by atoms with E-state index in [0.717, 1.165) is 24.0 Å². The van der Waals surface area contributed by atoms with Crippen LogP contribution in [-0.4, -0.2) is 18.5 Å². The minimum Gasteiger partial charge on any atom is -0.465 e. The van der Waals surface area contributed by atoms with E-state index >= 15 is 0 Å². The number of esters is 2. The van der Waals surface area contributed by atoms with Gasteiger partial charge in [0, 0.05) is 0 Å². The maximum Gasteiger partial charge on any atom is 0.323 e. The largest absolute Gasteiger partial charge is 0.465 e. The molecule has 0 aromatic heterocycles. The Kier molecular flexibility index (Phi) is 15.6. The molecule has 1 aromatic carbocycles. The van der Waals surface area contributed by atoms with Crippen LogP contribution in [0.25, 0.3) is 0 Å². The Morgan fingerprint density at radius 3 is 1.76 bits per heavy atom. The molecule has 0 aliphatic carbocycles. The summed E-state index contributed by atoms with van der Waals surface area (Å²) in [6.45, 7) is 8.51. The van der Waals surface area contributed by atoms with Gasteiger partial charge in [-0.15, -0.1) is 0 Å². The maximum absolute atomic E-state index is 12.8. The normalized spacial score (nSPS) is 11.4. The predicted octanol–water partition coefficient (Wildman–Crippen LogP) is 8.09. The summed E-state index contributed by atoms with van der Waals surface area (Å²) in [4.78, 5) is 25.7. The second kappa shape index (κ2) is 17.6. The first-order valence-corrected chi connectivity index (χ1v) is 13.4. The van der Waals surface area contributed by atoms with Gasteiger partial charge in [0.05, 0.1) is 6.61 Å². The van der Waals surface area contributed by atoms with Crippen molar-refractivity contribution in [2.45, 2.75) is 124 Å². The summed E-state index contributed by atoms with van der Waals surface area (Å²) in [5, 5.41) is 0. The number of ether oxygens (including phenoxy) is 2. The van der Waals surface area contributed by atoms with E-state index in [9.17, 15) is 9.59 Å². The van der Waals surface area contributed by atoms with Gasteiger partial charge in [0.2, 0.25) is 0 Å². The average molecular weight is 461 g/mol. The molecule has 0 saturated carbocycles. The number of hydrogen-bond donors (Lipinski definition) is 0. The first kappa shape index (κ1) is 29.2. The minimum absolute atomic E-state index is 0.175. The fraction of sp³-hybridized carbons (Fsp3) is 0.724. The second-order valence-electron chi connectivity index (χ2n) is 9.38. The minimum atomic E-state index is -1.21. The molecular formula is C29H48O4. The van der Waals surface area contributed by atoms with E-state index in [1.54, 1.807) is 0 Å². The third-order valence-corrected chi connectivity index (χ3v) is 6.67. The molecule has 4 nitrogen and oxygen atoms in total. The molecule has 33 heavy (non-hydrogen) atoms. The topological polar surface area (TPSA) is 52.6 Å². The van der Waals surface area contributed by atoms with E-state index in [-0.39, 0.29) is 6.61 Å². The van der Waals surface area contributed by atoms with Crippen LogP contribution < -0.4 is 0 Å². The predicted molar refractivity (Wildman–Crippen MR) is 136 cm³/mol. The van der Waals surface area contributed by atoms with E-state index in [1.807, 2.05) is 45.0 Å². The number of benzene rings is 1. The third-order valence-electron chi connectivity index (χ3n) is 6.67. The lowest BCUT2D eigenvalue weighted by molar-refractivity contribution is -0.174. The van der Waals surface area contributed by atoms with Crippen LogP contribution in [0.3, 0.4) is 0 Å². The van der Waals surface area contributed by atoms with E-state index in [2.05, 4.69) is 6.92 Å². The van der Waals surface area contributed by atoms with Gasteiger partial charge in [0.1, 0.15) is 6.61 Å². The van der Waals surface area contributed by atoms with Crippen molar-refractivity contribution in [1.82, 2.24) is 0 Å². The summed E-state index contributed by atoms with van der Waals surface area (Å²) in [5.74, 6) is -0.918. The van der Waals surface area contributed by atoms with Crippen LogP contribution in [0.15, 0.2) is 24.3 Å². The van der Waals surface area contributed by atoms with Gasteiger partial charge in [-0.2, -0.15) is 0 Å². The standard InChI is InChI=1S/C29H48O4/c1-5-8-9-10-11-12-13-14-15-16-17-18-22-32-27(30)29(6-2,7-3)28(31)33-24-26-21-19-20-25(4)23-26/h19-21,23H,5-18,22,24H2,1-4H3. The lowest BCUT2D eigenvalue weighted by atomic mass is 9.82. The fourth-order valence-corrected chi connectivity index (χ4v) is 4.25. The van der Waals surface area contributed by atoms with E-state index in [0.29, 0.717) is 19.4 Å².